The lowest BCUT2D eigenvalue weighted by Gasteiger charge is -2.17. The van der Waals surface area contributed by atoms with Crippen LogP contribution >= 0.6 is 0 Å². The van der Waals surface area contributed by atoms with Crippen molar-refractivity contribution in [3.63, 3.8) is 0 Å². The number of carbonyl (C=O) groups is 1. The van der Waals surface area contributed by atoms with E-state index in [1.807, 2.05) is 60.7 Å². The van der Waals surface area contributed by atoms with Gasteiger partial charge in [0.1, 0.15) is 5.92 Å². The highest BCUT2D eigenvalue weighted by Crippen LogP contribution is 2.27. The van der Waals surface area contributed by atoms with E-state index < -0.39 is 11.9 Å². The van der Waals surface area contributed by atoms with Crippen LogP contribution in [0.15, 0.2) is 72.8 Å². The molecule has 0 bridgehead atoms. The molecule has 0 saturated carbocycles. The summed E-state index contributed by atoms with van der Waals surface area (Å²) in [6, 6.07) is 20.9. The van der Waals surface area contributed by atoms with Crippen molar-refractivity contribution in [3.05, 3.63) is 83.9 Å². The number of nitrogens with zero attached hydrogens (tertiary/aromatic N) is 1. The lowest BCUT2D eigenvalue weighted by molar-refractivity contribution is -0.146. The van der Waals surface area contributed by atoms with Crippen LogP contribution in [0, 0.1) is 0 Å². The summed E-state index contributed by atoms with van der Waals surface area (Å²) in [6.07, 6.45) is 0. The standard InChI is InChI=1S/C18H15NO4/c20-15-11-12-16(21)19(15)23-18(22)17(13-7-3-1-4-8-13)14-9-5-2-6-10-14/h1-12,17,20-21H. The zero-order valence-electron chi connectivity index (χ0n) is 12.2. The van der Waals surface area contributed by atoms with Crippen LogP contribution in [0.3, 0.4) is 0 Å². The van der Waals surface area contributed by atoms with E-state index in [1.165, 1.54) is 12.1 Å². The molecule has 2 N–H and O–H groups in total. The van der Waals surface area contributed by atoms with E-state index >= 15 is 0 Å². The molecule has 3 aromatic rings. The smallest absolute Gasteiger partial charge is 0.344 e. The third-order valence-corrected chi connectivity index (χ3v) is 3.48. The topological polar surface area (TPSA) is 71.7 Å². The summed E-state index contributed by atoms with van der Waals surface area (Å²) in [5.74, 6) is -1.98. The highest BCUT2D eigenvalue weighted by molar-refractivity contribution is 5.82. The van der Waals surface area contributed by atoms with E-state index in [4.69, 9.17) is 4.84 Å². The van der Waals surface area contributed by atoms with E-state index in [-0.39, 0.29) is 11.8 Å². The molecule has 116 valence electrons. The minimum absolute atomic E-state index is 0.351. The Bertz CT molecular complexity index is 737. The fourth-order valence-electron chi connectivity index (χ4n) is 2.39. The molecule has 2 aromatic carbocycles. The zero-order chi connectivity index (χ0) is 16.2. The van der Waals surface area contributed by atoms with Gasteiger partial charge in [0.2, 0.25) is 11.8 Å². The van der Waals surface area contributed by atoms with Crippen LogP contribution in [0.4, 0.5) is 0 Å². The second-order valence-electron chi connectivity index (χ2n) is 5.01. The van der Waals surface area contributed by atoms with Crippen LogP contribution < -0.4 is 4.84 Å². The summed E-state index contributed by atoms with van der Waals surface area (Å²) in [4.78, 5) is 17.8. The Kier molecular flexibility index (Phi) is 4.01. The van der Waals surface area contributed by atoms with E-state index in [1.54, 1.807) is 0 Å². The van der Waals surface area contributed by atoms with Crippen molar-refractivity contribution in [1.82, 2.24) is 4.73 Å². The Morgan fingerprint density at radius 2 is 1.22 bits per heavy atom. The average molecular weight is 309 g/mol. The molecule has 0 unspecified atom stereocenters. The first-order chi connectivity index (χ1) is 11.2. The number of carbonyl (C=O) groups excluding carboxylic acids is 1. The molecule has 1 heterocycles. The SMILES string of the molecule is O=C(On1c(O)ccc1O)C(c1ccccc1)c1ccccc1. The Morgan fingerprint density at radius 1 is 0.783 bits per heavy atom. The predicted octanol–water partition coefficient (Wildman–Crippen LogP) is 2.69. The maximum atomic E-state index is 12.7. The number of aromatic nitrogens is 1. The number of hydrogen-bond acceptors (Lipinski definition) is 4. The molecule has 23 heavy (non-hydrogen) atoms. The van der Waals surface area contributed by atoms with Gasteiger partial charge in [0.05, 0.1) is 0 Å². The second-order valence-corrected chi connectivity index (χ2v) is 5.01. The van der Waals surface area contributed by atoms with Crippen molar-refractivity contribution >= 4 is 5.97 Å². The molecule has 0 aliphatic carbocycles. The van der Waals surface area contributed by atoms with Crippen LogP contribution in [-0.2, 0) is 4.79 Å². The van der Waals surface area contributed by atoms with Crippen molar-refractivity contribution in [2.75, 3.05) is 0 Å². The van der Waals surface area contributed by atoms with Gasteiger partial charge in [-0.3, -0.25) is 0 Å². The summed E-state index contributed by atoms with van der Waals surface area (Å²) in [5.41, 5.74) is 1.52. The Morgan fingerprint density at radius 3 is 1.65 bits per heavy atom. The summed E-state index contributed by atoms with van der Waals surface area (Å²) < 4.78 is 0.696. The first-order valence-corrected chi connectivity index (χ1v) is 7.08. The van der Waals surface area contributed by atoms with E-state index in [2.05, 4.69) is 0 Å². The molecular formula is C18H15NO4. The Hall–Kier alpha value is -3.21. The van der Waals surface area contributed by atoms with Crippen molar-refractivity contribution in [2.45, 2.75) is 5.92 Å². The molecule has 0 aliphatic heterocycles. The van der Waals surface area contributed by atoms with Gasteiger partial charge in [-0.1, -0.05) is 60.7 Å². The molecule has 0 amide bonds. The molecule has 0 spiro atoms. The van der Waals surface area contributed by atoms with Crippen molar-refractivity contribution in [3.8, 4) is 11.8 Å². The molecule has 0 atom stereocenters. The van der Waals surface area contributed by atoms with Gasteiger partial charge in [0, 0.05) is 12.1 Å². The van der Waals surface area contributed by atoms with Crippen molar-refractivity contribution < 1.29 is 19.8 Å². The molecular weight excluding hydrogens is 294 g/mol. The molecule has 0 radical (unpaired) electrons. The van der Waals surface area contributed by atoms with Crippen molar-refractivity contribution in [2.24, 2.45) is 0 Å². The molecule has 1 aromatic heterocycles. The summed E-state index contributed by atoms with van der Waals surface area (Å²) in [5, 5.41) is 19.3. The molecule has 5 heteroatoms. The molecule has 0 fully saturated rings. The van der Waals surface area contributed by atoms with Crippen molar-refractivity contribution in [1.29, 1.82) is 0 Å². The summed E-state index contributed by atoms with van der Waals surface area (Å²) in [6.45, 7) is 0. The lowest BCUT2D eigenvalue weighted by atomic mass is 9.91. The van der Waals surface area contributed by atoms with Crippen LogP contribution in [-0.4, -0.2) is 20.9 Å². The predicted molar refractivity (Wildman–Crippen MR) is 84.1 cm³/mol. The Balaban J connectivity index is 1.97. The van der Waals surface area contributed by atoms with E-state index in [9.17, 15) is 15.0 Å². The normalized spacial score (nSPS) is 10.7. The maximum absolute atomic E-state index is 12.7. The molecule has 5 nitrogen and oxygen atoms in total. The summed E-state index contributed by atoms with van der Waals surface area (Å²) in [7, 11) is 0. The average Bonchev–Trinajstić information content (AvgIpc) is 2.89. The largest absolute Gasteiger partial charge is 0.492 e. The van der Waals surface area contributed by atoms with Crippen LogP contribution in [0.2, 0.25) is 0 Å². The zero-order valence-corrected chi connectivity index (χ0v) is 12.2. The number of benzene rings is 2. The highest BCUT2D eigenvalue weighted by Gasteiger charge is 2.26. The minimum Gasteiger partial charge on any atom is -0.492 e. The third-order valence-electron chi connectivity index (χ3n) is 3.48. The molecule has 3 rings (SSSR count). The van der Waals surface area contributed by atoms with Gasteiger partial charge < -0.3 is 15.1 Å². The van der Waals surface area contributed by atoms with Gasteiger partial charge in [-0.15, -0.1) is 4.73 Å². The number of hydrogen-bond donors (Lipinski definition) is 2. The fraction of sp³-hybridized carbons (Fsp3) is 0.0556. The van der Waals surface area contributed by atoms with Gasteiger partial charge in [0.25, 0.3) is 0 Å². The van der Waals surface area contributed by atoms with Gasteiger partial charge >= 0.3 is 5.97 Å². The fourth-order valence-corrected chi connectivity index (χ4v) is 2.39. The van der Waals surface area contributed by atoms with Gasteiger partial charge in [-0.25, -0.2) is 4.79 Å². The maximum Gasteiger partial charge on any atom is 0.344 e. The third kappa shape index (κ3) is 3.03. The van der Waals surface area contributed by atoms with Gasteiger partial charge in [-0.2, -0.15) is 0 Å². The van der Waals surface area contributed by atoms with Gasteiger partial charge in [0.15, 0.2) is 0 Å². The quantitative estimate of drug-likeness (QED) is 0.777. The Labute approximate surface area is 133 Å². The van der Waals surface area contributed by atoms with E-state index in [0.717, 1.165) is 11.1 Å². The minimum atomic E-state index is -0.668. The lowest BCUT2D eigenvalue weighted by Crippen LogP contribution is -2.26. The summed E-state index contributed by atoms with van der Waals surface area (Å²) >= 11 is 0. The molecule has 0 aliphatic rings. The van der Waals surface area contributed by atoms with Crippen LogP contribution in [0.5, 0.6) is 11.8 Å². The van der Waals surface area contributed by atoms with Gasteiger partial charge in [-0.05, 0) is 11.1 Å². The second kappa shape index (κ2) is 6.27. The first kappa shape index (κ1) is 14.7. The first-order valence-electron chi connectivity index (χ1n) is 7.08. The highest BCUT2D eigenvalue weighted by atomic mass is 16.7. The monoisotopic (exact) mass is 309 g/mol. The van der Waals surface area contributed by atoms with Crippen LogP contribution in [0.25, 0.3) is 0 Å². The number of aromatic hydroxyl groups is 2. The molecule has 0 saturated heterocycles. The van der Waals surface area contributed by atoms with E-state index in [0.29, 0.717) is 4.73 Å². The number of rotatable bonds is 4. The van der Waals surface area contributed by atoms with Crippen LogP contribution in [0.1, 0.15) is 17.0 Å².